The highest BCUT2D eigenvalue weighted by Crippen LogP contribution is 2.34. The monoisotopic (exact) mass is 406 g/mol. The van der Waals surface area contributed by atoms with Crippen molar-refractivity contribution in [1.29, 1.82) is 0 Å². The van der Waals surface area contributed by atoms with Crippen molar-refractivity contribution >= 4 is 17.5 Å². The Bertz CT molecular complexity index is 816. The van der Waals surface area contributed by atoms with Crippen LogP contribution < -0.4 is 14.8 Å². The quantitative estimate of drug-likeness (QED) is 0.746. The lowest BCUT2D eigenvalue weighted by Crippen LogP contribution is -2.26. The predicted molar refractivity (Wildman–Crippen MR) is 107 cm³/mol. The number of hydrogen-bond acceptors (Lipinski definition) is 5. The van der Waals surface area contributed by atoms with Crippen molar-refractivity contribution in [3.05, 3.63) is 34.9 Å². The van der Waals surface area contributed by atoms with E-state index in [1.807, 2.05) is 13.8 Å². The summed E-state index contributed by atoms with van der Waals surface area (Å²) >= 11 is 6.32. The molecule has 0 saturated heterocycles. The molecule has 0 unspecified atom stereocenters. The lowest BCUT2D eigenvalue weighted by atomic mass is 9.95. The van der Waals surface area contributed by atoms with Gasteiger partial charge in [-0.3, -0.25) is 4.79 Å². The Balaban J connectivity index is 1.71. The Labute approximate surface area is 170 Å². The van der Waals surface area contributed by atoms with Gasteiger partial charge in [-0.15, -0.1) is 10.2 Å². The molecule has 28 heavy (non-hydrogen) atoms. The summed E-state index contributed by atoms with van der Waals surface area (Å²) in [4.78, 5) is 12.7. The van der Waals surface area contributed by atoms with Crippen molar-refractivity contribution in [2.75, 3.05) is 7.11 Å². The van der Waals surface area contributed by atoms with Gasteiger partial charge < -0.3 is 19.4 Å². The third kappa shape index (κ3) is 4.76. The van der Waals surface area contributed by atoms with Crippen molar-refractivity contribution in [2.24, 2.45) is 0 Å². The molecule has 1 N–H and O–H groups in total. The molecule has 3 rings (SSSR count). The van der Waals surface area contributed by atoms with Crippen molar-refractivity contribution in [2.45, 2.75) is 64.6 Å². The van der Waals surface area contributed by atoms with Gasteiger partial charge in [0.2, 0.25) is 0 Å². The number of benzene rings is 1. The average molecular weight is 407 g/mol. The standard InChI is InChI=1S/C20H27ClN4O3/c1-13(2)28-18-10-16(21)15(9-17(18)27-3)20(26)22-11-19-24-23-12-25(19)14-7-5-4-6-8-14/h9-10,12-14H,4-8,11H2,1-3H3,(H,22,26). The fraction of sp³-hybridized carbons (Fsp3) is 0.550. The number of methoxy groups -OCH3 is 1. The second-order valence-electron chi connectivity index (χ2n) is 7.28. The van der Waals surface area contributed by atoms with Gasteiger partial charge in [0.15, 0.2) is 17.3 Å². The first kappa shape index (κ1) is 20.5. The maximum absolute atomic E-state index is 12.7. The smallest absolute Gasteiger partial charge is 0.253 e. The number of hydrogen-bond donors (Lipinski definition) is 1. The van der Waals surface area contributed by atoms with Gasteiger partial charge in [-0.05, 0) is 32.8 Å². The second kappa shape index (κ2) is 9.28. The molecule has 0 spiro atoms. The van der Waals surface area contributed by atoms with Crippen LogP contribution in [0, 0.1) is 0 Å². The summed E-state index contributed by atoms with van der Waals surface area (Å²) in [5.41, 5.74) is 0.332. The minimum Gasteiger partial charge on any atom is -0.493 e. The molecule has 0 radical (unpaired) electrons. The largest absolute Gasteiger partial charge is 0.493 e. The number of amides is 1. The van der Waals surface area contributed by atoms with Crippen LogP contribution in [0.25, 0.3) is 0 Å². The summed E-state index contributed by atoms with van der Waals surface area (Å²) in [6.45, 7) is 4.12. The summed E-state index contributed by atoms with van der Waals surface area (Å²) in [7, 11) is 1.53. The summed E-state index contributed by atoms with van der Waals surface area (Å²) < 4.78 is 13.1. The molecule has 8 heteroatoms. The van der Waals surface area contributed by atoms with Crippen LogP contribution in [0.15, 0.2) is 18.5 Å². The zero-order chi connectivity index (χ0) is 20.1. The van der Waals surface area contributed by atoms with Crippen LogP contribution in [0.5, 0.6) is 11.5 Å². The van der Waals surface area contributed by atoms with Crippen molar-refractivity contribution < 1.29 is 14.3 Å². The highest BCUT2D eigenvalue weighted by atomic mass is 35.5. The zero-order valence-electron chi connectivity index (χ0n) is 16.6. The Morgan fingerprint density at radius 1 is 1.29 bits per heavy atom. The lowest BCUT2D eigenvalue weighted by Gasteiger charge is -2.24. The van der Waals surface area contributed by atoms with Crippen LogP contribution >= 0.6 is 11.6 Å². The molecule has 0 atom stereocenters. The zero-order valence-corrected chi connectivity index (χ0v) is 17.3. The fourth-order valence-corrected chi connectivity index (χ4v) is 3.77. The third-order valence-corrected chi connectivity index (χ3v) is 5.20. The maximum atomic E-state index is 12.7. The van der Waals surface area contributed by atoms with E-state index in [0.717, 1.165) is 18.7 Å². The minimum atomic E-state index is -0.294. The molecule has 1 aliphatic rings. The molecular weight excluding hydrogens is 380 g/mol. The molecule has 1 heterocycles. The average Bonchev–Trinajstić information content (AvgIpc) is 3.15. The molecule has 2 aromatic rings. The SMILES string of the molecule is COc1cc(C(=O)NCc2nncn2C2CCCCC2)c(Cl)cc1OC(C)C. The van der Waals surface area contributed by atoms with E-state index in [9.17, 15) is 4.79 Å². The van der Waals surface area contributed by atoms with E-state index in [0.29, 0.717) is 28.1 Å². The predicted octanol–water partition coefficient (Wildman–Crippen LogP) is 4.16. The van der Waals surface area contributed by atoms with E-state index in [-0.39, 0.29) is 18.6 Å². The number of carbonyl (C=O) groups excluding carboxylic acids is 1. The van der Waals surface area contributed by atoms with Crippen molar-refractivity contribution in [1.82, 2.24) is 20.1 Å². The Morgan fingerprint density at radius 3 is 2.71 bits per heavy atom. The highest BCUT2D eigenvalue weighted by Gasteiger charge is 2.20. The van der Waals surface area contributed by atoms with E-state index < -0.39 is 0 Å². The first-order chi connectivity index (χ1) is 13.5. The van der Waals surface area contributed by atoms with E-state index in [1.54, 1.807) is 18.5 Å². The molecule has 152 valence electrons. The van der Waals surface area contributed by atoms with E-state index in [4.69, 9.17) is 21.1 Å². The molecular formula is C20H27ClN4O3. The van der Waals surface area contributed by atoms with Gasteiger partial charge in [0.25, 0.3) is 5.91 Å². The minimum absolute atomic E-state index is 0.0317. The van der Waals surface area contributed by atoms with Crippen molar-refractivity contribution in [3.63, 3.8) is 0 Å². The van der Waals surface area contributed by atoms with Gasteiger partial charge in [-0.25, -0.2) is 0 Å². The Hall–Kier alpha value is -2.28. The highest BCUT2D eigenvalue weighted by molar-refractivity contribution is 6.34. The molecule has 1 saturated carbocycles. The number of rotatable bonds is 7. The Kier molecular flexibility index (Phi) is 6.78. The van der Waals surface area contributed by atoms with E-state index in [2.05, 4.69) is 20.1 Å². The topological polar surface area (TPSA) is 78.3 Å². The number of aromatic nitrogens is 3. The first-order valence-electron chi connectivity index (χ1n) is 9.70. The number of ether oxygens (including phenoxy) is 2. The molecule has 1 aliphatic carbocycles. The van der Waals surface area contributed by atoms with Gasteiger partial charge in [0, 0.05) is 12.1 Å². The molecule has 1 aromatic carbocycles. The number of carbonyl (C=O) groups is 1. The molecule has 0 aliphatic heterocycles. The van der Waals surface area contributed by atoms with Gasteiger partial charge in [0.1, 0.15) is 6.33 Å². The first-order valence-corrected chi connectivity index (χ1v) is 10.1. The van der Waals surface area contributed by atoms with Crippen LogP contribution in [0.2, 0.25) is 5.02 Å². The lowest BCUT2D eigenvalue weighted by molar-refractivity contribution is 0.0948. The second-order valence-corrected chi connectivity index (χ2v) is 7.69. The fourth-order valence-electron chi connectivity index (χ4n) is 3.53. The summed E-state index contributed by atoms with van der Waals surface area (Å²) in [6.07, 6.45) is 7.69. The van der Waals surface area contributed by atoms with Crippen LogP contribution in [0.1, 0.15) is 68.2 Å². The number of halogens is 1. The molecule has 0 bridgehead atoms. The van der Waals surface area contributed by atoms with Crippen LogP contribution in [-0.2, 0) is 6.54 Å². The summed E-state index contributed by atoms with van der Waals surface area (Å²) in [5, 5.41) is 11.4. The Morgan fingerprint density at radius 2 is 2.04 bits per heavy atom. The number of nitrogens with zero attached hydrogens (tertiary/aromatic N) is 3. The van der Waals surface area contributed by atoms with E-state index in [1.165, 1.54) is 26.4 Å². The third-order valence-electron chi connectivity index (χ3n) is 4.88. The number of nitrogens with one attached hydrogen (secondary N) is 1. The molecule has 1 fully saturated rings. The van der Waals surface area contributed by atoms with Crippen LogP contribution in [0.3, 0.4) is 0 Å². The van der Waals surface area contributed by atoms with Gasteiger partial charge >= 0.3 is 0 Å². The van der Waals surface area contributed by atoms with Crippen LogP contribution in [0.4, 0.5) is 0 Å². The van der Waals surface area contributed by atoms with Gasteiger partial charge in [0.05, 0.1) is 30.3 Å². The van der Waals surface area contributed by atoms with Crippen molar-refractivity contribution in [3.8, 4) is 11.5 Å². The molecule has 7 nitrogen and oxygen atoms in total. The molecule has 1 aromatic heterocycles. The summed E-state index contributed by atoms with van der Waals surface area (Å²) in [5.74, 6) is 1.44. The molecule has 1 amide bonds. The van der Waals surface area contributed by atoms with Gasteiger partial charge in [-0.2, -0.15) is 0 Å². The summed E-state index contributed by atoms with van der Waals surface area (Å²) in [6, 6.07) is 3.62. The van der Waals surface area contributed by atoms with Gasteiger partial charge in [-0.1, -0.05) is 30.9 Å². The normalized spacial score (nSPS) is 14.9. The van der Waals surface area contributed by atoms with Crippen LogP contribution in [-0.4, -0.2) is 33.9 Å². The van der Waals surface area contributed by atoms with E-state index >= 15 is 0 Å². The maximum Gasteiger partial charge on any atom is 0.253 e.